The number of ether oxygens (including phenoxy) is 2. The number of amides is 1. The number of likely N-dealkylation sites (tertiary alicyclic amines) is 1. The summed E-state index contributed by atoms with van der Waals surface area (Å²) in [5.41, 5.74) is 0.721. The lowest BCUT2D eigenvalue weighted by atomic mass is 10.2. The van der Waals surface area contributed by atoms with Crippen molar-refractivity contribution in [1.29, 1.82) is 0 Å². The monoisotopic (exact) mass is 360 g/mol. The van der Waals surface area contributed by atoms with Crippen LogP contribution in [0.3, 0.4) is 0 Å². The summed E-state index contributed by atoms with van der Waals surface area (Å²) in [4.78, 5) is 14.8. The molecule has 2 aliphatic rings. The number of benzene rings is 1. The molecule has 3 rings (SSSR count). The first-order chi connectivity index (χ1) is 12.8. The Bertz CT molecular complexity index is 572. The number of hydrogen-bond donors (Lipinski definition) is 1. The van der Waals surface area contributed by atoms with Crippen LogP contribution in [0.15, 0.2) is 24.3 Å². The van der Waals surface area contributed by atoms with E-state index in [1.54, 1.807) is 0 Å². The van der Waals surface area contributed by atoms with E-state index in [0.717, 1.165) is 50.2 Å². The lowest BCUT2D eigenvalue weighted by molar-refractivity contribution is 0.0603. The highest BCUT2D eigenvalue weighted by atomic mass is 16.6. The Morgan fingerprint density at radius 3 is 2.85 bits per heavy atom. The van der Waals surface area contributed by atoms with E-state index in [9.17, 15) is 4.79 Å². The van der Waals surface area contributed by atoms with E-state index in [1.807, 2.05) is 24.3 Å². The van der Waals surface area contributed by atoms with E-state index >= 15 is 0 Å². The summed E-state index contributed by atoms with van der Waals surface area (Å²) in [5, 5.41) is 2.86. The van der Waals surface area contributed by atoms with Crippen molar-refractivity contribution in [2.75, 3.05) is 25.0 Å². The molecule has 1 aromatic rings. The third-order valence-corrected chi connectivity index (χ3v) is 5.38. The number of rotatable bonds is 8. The number of nitrogens with zero attached hydrogens (tertiary/aromatic N) is 1. The van der Waals surface area contributed by atoms with Gasteiger partial charge in [0, 0.05) is 17.8 Å². The molecule has 5 heteroatoms. The zero-order valence-electron chi connectivity index (χ0n) is 15.9. The quantitative estimate of drug-likeness (QED) is 0.675. The normalized spacial score (nSPS) is 23.1. The predicted molar refractivity (Wildman–Crippen MR) is 104 cm³/mol. The van der Waals surface area contributed by atoms with Crippen molar-refractivity contribution >= 4 is 11.8 Å². The molecule has 0 bridgehead atoms. The SMILES string of the molecule is CCCCCOc1cccc(NC(=O)OC2CCCC2N2CCCC2)c1. The summed E-state index contributed by atoms with van der Waals surface area (Å²) in [5.74, 6) is 0.787. The van der Waals surface area contributed by atoms with Crippen molar-refractivity contribution in [1.82, 2.24) is 4.90 Å². The Labute approximate surface area is 157 Å². The van der Waals surface area contributed by atoms with Gasteiger partial charge in [-0.1, -0.05) is 25.8 Å². The highest BCUT2D eigenvalue weighted by Crippen LogP contribution is 2.29. The van der Waals surface area contributed by atoms with E-state index in [0.29, 0.717) is 12.6 Å². The second-order valence-electron chi connectivity index (χ2n) is 7.39. The Hall–Kier alpha value is -1.75. The highest BCUT2D eigenvalue weighted by molar-refractivity contribution is 5.85. The first kappa shape index (κ1) is 19.0. The minimum Gasteiger partial charge on any atom is -0.494 e. The molecular weight excluding hydrogens is 328 g/mol. The fraction of sp³-hybridized carbons (Fsp3) is 0.667. The molecule has 1 aliphatic heterocycles. The maximum absolute atomic E-state index is 12.3. The minimum absolute atomic E-state index is 0.0153. The fourth-order valence-electron chi connectivity index (χ4n) is 4.03. The highest BCUT2D eigenvalue weighted by Gasteiger charge is 2.35. The van der Waals surface area contributed by atoms with Crippen molar-refractivity contribution in [3.8, 4) is 5.75 Å². The molecule has 2 fully saturated rings. The van der Waals surface area contributed by atoms with E-state index < -0.39 is 0 Å². The van der Waals surface area contributed by atoms with Gasteiger partial charge in [0.15, 0.2) is 0 Å². The van der Waals surface area contributed by atoms with Crippen LogP contribution in [0.2, 0.25) is 0 Å². The maximum Gasteiger partial charge on any atom is 0.411 e. The maximum atomic E-state index is 12.3. The molecule has 1 amide bonds. The average Bonchev–Trinajstić information content (AvgIpc) is 3.30. The molecule has 2 atom stereocenters. The molecule has 0 spiro atoms. The van der Waals surface area contributed by atoms with Gasteiger partial charge in [0.2, 0.25) is 0 Å². The Balaban J connectivity index is 1.48. The zero-order valence-corrected chi connectivity index (χ0v) is 15.9. The largest absolute Gasteiger partial charge is 0.494 e. The van der Waals surface area contributed by atoms with Crippen LogP contribution in [0.5, 0.6) is 5.75 Å². The minimum atomic E-state index is -0.357. The number of carbonyl (C=O) groups excluding carboxylic acids is 1. The first-order valence-electron chi connectivity index (χ1n) is 10.2. The predicted octanol–water partition coefficient (Wildman–Crippen LogP) is 4.82. The van der Waals surface area contributed by atoms with Gasteiger partial charge in [-0.25, -0.2) is 4.79 Å². The van der Waals surface area contributed by atoms with Gasteiger partial charge in [-0.15, -0.1) is 0 Å². The Morgan fingerprint density at radius 2 is 2.04 bits per heavy atom. The molecule has 1 saturated carbocycles. The van der Waals surface area contributed by atoms with Crippen molar-refractivity contribution in [3.05, 3.63) is 24.3 Å². The van der Waals surface area contributed by atoms with Crippen molar-refractivity contribution in [3.63, 3.8) is 0 Å². The van der Waals surface area contributed by atoms with Crippen LogP contribution >= 0.6 is 0 Å². The number of unbranched alkanes of at least 4 members (excludes halogenated alkanes) is 2. The van der Waals surface area contributed by atoms with E-state index in [2.05, 4.69) is 17.1 Å². The molecule has 1 saturated heterocycles. The van der Waals surface area contributed by atoms with Gasteiger partial charge in [-0.05, 0) is 63.7 Å². The molecule has 1 aliphatic carbocycles. The third kappa shape index (κ3) is 5.37. The lowest BCUT2D eigenvalue weighted by Crippen LogP contribution is -2.41. The van der Waals surface area contributed by atoms with Crippen molar-refractivity contribution < 1.29 is 14.3 Å². The van der Waals surface area contributed by atoms with Crippen LogP contribution in [-0.2, 0) is 4.74 Å². The topological polar surface area (TPSA) is 50.8 Å². The zero-order chi connectivity index (χ0) is 18.2. The number of carbonyl (C=O) groups is 1. The van der Waals surface area contributed by atoms with Gasteiger partial charge >= 0.3 is 6.09 Å². The van der Waals surface area contributed by atoms with E-state index in [4.69, 9.17) is 9.47 Å². The Kier molecular flexibility index (Phi) is 7.18. The van der Waals surface area contributed by atoms with Crippen LogP contribution in [0.4, 0.5) is 10.5 Å². The van der Waals surface area contributed by atoms with Crippen LogP contribution in [0, 0.1) is 0 Å². The molecule has 1 heterocycles. The number of nitrogens with one attached hydrogen (secondary N) is 1. The molecule has 0 radical (unpaired) electrons. The third-order valence-electron chi connectivity index (χ3n) is 5.38. The van der Waals surface area contributed by atoms with Crippen LogP contribution < -0.4 is 10.1 Å². The summed E-state index contributed by atoms with van der Waals surface area (Å²) in [6.07, 6.45) is 8.83. The standard InChI is InChI=1S/C21H32N2O3/c1-2-3-6-15-25-18-10-7-9-17(16-18)22-21(24)26-20-12-8-11-19(20)23-13-4-5-14-23/h7,9-10,16,19-20H,2-6,8,11-15H2,1H3,(H,22,24). The van der Waals surface area contributed by atoms with Gasteiger partial charge in [-0.2, -0.15) is 0 Å². The van der Waals surface area contributed by atoms with E-state index in [-0.39, 0.29) is 12.2 Å². The molecule has 1 aromatic carbocycles. The first-order valence-corrected chi connectivity index (χ1v) is 10.2. The van der Waals surface area contributed by atoms with Gasteiger partial charge < -0.3 is 9.47 Å². The van der Waals surface area contributed by atoms with Crippen LogP contribution in [-0.4, -0.2) is 42.8 Å². The summed E-state index contributed by atoms with van der Waals surface area (Å²) < 4.78 is 11.5. The second kappa shape index (κ2) is 9.81. The second-order valence-corrected chi connectivity index (χ2v) is 7.39. The van der Waals surface area contributed by atoms with Gasteiger partial charge in [0.25, 0.3) is 0 Å². The molecule has 26 heavy (non-hydrogen) atoms. The van der Waals surface area contributed by atoms with Gasteiger partial charge in [0.1, 0.15) is 11.9 Å². The summed E-state index contributed by atoms with van der Waals surface area (Å²) in [7, 11) is 0. The van der Waals surface area contributed by atoms with Crippen LogP contribution in [0.25, 0.3) is 0 Å². The molecule has 144 valence electrons. The molecule has 0 aromatic heterocycles. The molecule has 5 nitrogen and oxygen atoms in total. The lowest BCUT2D eigenvalue weighted by Gasteiger charge is -2.28. The van der Waals surface area contributed by atoms with E-state index in [1.165, 1.54) is 25.7 Å². The average molecular weight is 360 g/mol. The molecular formula is C21H32N2O3. The number of anilines is 1. The van der Waals surface area contributed by atoms with Crippen molar-refractivity contribution in [2.45, 2.75) is 70.4 Å². The number of hydrogen-bond acceptors (Lipinski definition) is 4. The summed E-state index contributed by atoms with van der Waals surface area (Å²) in [6.45, 7) is 5.17. The van der Waals surface area contributed by atoms with Crippen molar-refractivity contribution in [2.24, 2.45) is 0 Å². The summed E-state index contributed by atoms with van der Waals surface area (Å²) >= 11 is 0. The molecule has 2 unspecified atom stereocenters. The van der Waals surface area contributed by atoms with Crippen LogP contribution in [0.1, 0.15) is 58.3 Å². The van der Waals surface area contributed by atoms with Gasteiger partial charge in [-0.3, -0.25) is 10.2 Å². The van der Waals surface area contributed by atoms with Gasteiger partial charge in [0.05, 0.1) is 6.61 Å². The molecule has 1 N–H and O–H groups in total. The smallest absolute Gasteiger partial charge is 0.411 e. The Morgan fingerprint density at radius 1 is 1.19 bits per heavy atom. The fourth-order valence-corrected chi connectivity index (χ4v) is 4.03. The summed E-state index contributed by atoms with van der Waals surface area (Å²) in [6, 6.07) is 7.94.